The first kappa shape index (κ1) is 11.4. The highest BCUT2D eigenvalue weighted by Gasteiger charge is 2.46. The molecule has 0 amide bonds. The van der Waals surface area contributed by atoms with Crippen LogP contribution in [0.1, 0.15) is 26.2 Å². The standard InChI is InChI=1S/C9H15F2NO2/c1-3-7(8(13)14-2)12-6-4-9(10,11)5-6/h6-7,12H,3-5H2,1-2H3/t7-/m1/s1. The second-order valence-corrected chi connectivity index (χ2v) is 3.61. The lowest BCUT2D eigenvalue weighted by molar-refractivity contribution is -0.145. The van der Waals surface area contributed by atoms with Crippen molar-refractivity contribution < 1.29 is 18.3 Å². The Bertz CT molecular complexity index is 213. The van der Waals surface area contributed by atoms with Crippen LogP contribution < -0.4 is 5.32 Å². The van der Waals surface area contributed by atoms with Gasteiger partial charge in [-0.25, -0.2) is 8.78 Å². The molecule has 1 fully saturated rings. The monoisotopic (exact) mass is 207 g/mol. The molecule has 0 aromatic rings. The molecule has 5 heteroatoms. The van der Waals surface area contributed by atoms with E-state index in [1.807, 2.05) is 6.92 Å². The van der Waals surface area contributed by atoms with Crippen molar-refractivity contribution in [1.82, 2.24) is 5.32 Å². The summed E-state index contributed by atoms with van der Waals surface area (Å²) in [6.45, 7) is 1.81. The van der Waals surface area contributed by atoms with Gasteiger partial charge in [0.2, 0.25) is 0 Å². The number of carbonyl (C=O) groups excluding carboxylic acids is 1. The van der Waals surface area contributed by atoms with Crippen molar-refractivity contribution in [3.05, 3.63) is 0 Å². The SMILES string of the molecule is CC[C@@H](NC1CC(F)(F)C1)C(=O)OC. The Balaban J connectivity index is 2.32. The van der Waals surface area contributed by atoms with Crippen LogP contribution in [-0.4, -0.2) is 31.1 Å². The molecule has 0 aromatic carbocycles. The fourth-order valence-electron chi connectivity index (χ4n) is 1.56. The molecular formula is C9H15F2NO2. The van der Waals surface area contributed by atoms with Gasteiger partial charge in [-0.3, -0.25) is 4.79 Å². The van der Waals surface area contributed by atoms with E-state index < -0.39 is 12.0 Å². The van der Waals surface area contributed by atoms with E-state index in [9.17, 15) is 13.6 Å². The van der Waals surface area contributed by atoms with E-state index in [1.54, 1.807) is 0 Å². The predicted octanol–water partition coefficient (Wildman–Crippen LogP) is 1.33. The van der Waals surface area contributed by atoms with E-state index in [1.165, 1.54) is 7.11 Å². The number of hydrogen-bond donors (Lipinski definition) is 1. The van der Waals surface area contributed by atoms with Gasteiger partial charge >= 0.3 is 5.97 Å². The van der Waals surface area contributed by atoms with Crippen LogP contribution in [0.3, 0.4) is 0 Å². The summed E-state index contributed by atoms with van der Waals surface area (Å²) >= 11 is 0. The van der Waals surface area contributed by atoms with Gasteiger partial charge in [-0.05, 0) is 6.42 Å². The van der Waals surface area contributed by atoms with Gasteiger partial charge in [0.05, 0.1) is 7.11 Å². The maximum absolute atomic E-state index is 12.5. The lowest BCUT2D eigenvalue weighted by atomic mass is 9.87. The Morgan fingerprint density at radius 2 is 2.21 bits per heavy atom. The largest absolute Gasteiger partial charge is 0.468 e. The summed E-state index contributed by atoms with van der Waals surface area (Å²) in [5.74, 6) is -2.94. The first-order valence-electron chi connectivity index (χ1n) is 4.70. The van der Waals surface area contributed by atoms with Crippen LogP contribution in [0.2, 0.25) is 0 Å². The van der Waals surface area contributed by atoms with Gasteiger partial charge in [-0.1, -0.05) is 6.92 Å². The zero-order chi connectivity index (χ0) is 10.8. The minimum atomic E-state index is -2.55. The predicted molar refractivity (Wildman–Crippen MR) is 47.2 cm³/mol. The highest BCUT2D eigenvalue weighted by Crippen LogP contribution is 2.37. The van der Waals surface area contributed by atoms with Gasteiger partial charge in [0, 0.05) is 18.9 Å². The van der Waals surface area contributed by atoms with E-state index >= 15 is 0 Å². The number of alkyl halides is 2. The maximum atomic E-state index is 12.5. The molecule has 14 heavy (non-hydrogen) atoms. The molecule has 1 atom stereocenters. The van der Waals surface area contributed by atoms with Crippen molar-refractivity contribution >= 4 is 5.97 Å². The van der Waals surface area contributed by atoms with E-state index in [2.05, 4.69) is 10.1 Å². The summed E-state index contributed by atoms with van der Waals surface area (Å²) in [6.07, 6.45) is 0.190. The molecule has 0 saturated heterocycles. The molecule has 1 saturated carbocycles. The molecule has 1 N–H and O–H groups in total. The Hall–Kier alpha value is -0.710. The number of hydrogen-bond acceptors (Lipinski definition) is 3. The fourth-order valence-corrected chi connectivity index (χ4v) is 1.56. The number of ether oxygens (including phenoxy) is 1. The van der Waals surface area contributed by atoms with E-state index in [0.29, 0.717) is 6.42 Å². The highest BCUT2D eigenvalue weighted by atomic mass is 19.3. The summed E-state index contributed by atoms with van der Waals surface area (Å²) < 4.78 is 29.5. The van der Waals surface area contributed by atoms with Crippen molar-refractivity contribution in [1.29, 1.82) is 0 Å². The summed E-state index contributed by atoms with van der Waals surface area (Å²) in [4.78, 5) is 11.1. The van der Waals surface area contributed by atoms with E-state index in [0.717, 1.165) is 0 Å². The van der Waals surface area contributed by atoms with E-state index in [-0.39, 0.29) is 24.9 Å². The number of rotatable bonds is 4. The third kappa shape index (κ3) is 2.64. The topological polar surface area (TPSA) is 38.3 Å². The zero-order valence-corrected chi connectivity index (χ0v) is 8.35. The van der Waals surface area contributed by atoms with Crippen LogP contribution in [0.25, 0.3) is 0 Å². The molecule has 1 aliphatic carbocycles. The molecule has 0 unspecified atom stereocenters. The highest BCUT2D eigenvalue weighted by molar-refractivity contribution is 5.75. The average molecular weight is 207 g/mol. The lowest BCUT2D eigenvalue weighted by Gasteiger charge is -2.37. The smallest absolute Gasteiger partial charge is 0.322 e. The van der Waals surface area contributed by atoms with Gasteiger partial charge in [-0.15, -0.1) is 0 Å². The maximum Gasteiger partial charge on any atom is 0.322 e. The molecule has 0 spiro atoms. The van der Waals surface area contributed by atoms with Gasteiger partial charge in [0.15, 0.2) is 0 Å². The Morgan fingerprint density at radius 3 is 2.57 bits per heavy atom. The van der Waals surface area contributed by atoms with Gasteiger partial charge in [-0.2, -0.15) is 0 Å². The molecule has 0 aromatic heterocycles. The summed E-state index contributed by atoms with van der Waals surface area (Å²) in [6, 6.07) is -0.713. The first-order chi connectivity index (χ1) is 6.48. The average Bonchev–Trinajstić information content (AvgIpc) is 2.09. The molecule has 3 nitrogen and oxygen atoms in total. The van der Waals surface area contributed by atoms with Crippen molar-refractivity contribution in [3.8, 4) is 0 Å². The minimum Gasteiger partial charge on any atom is -0.468 e. The van der Waals surface area contributed by atoms with Crippen molar-refractivity contribution in [2.75, 3.05) is 7.11 Å². The molecule has 1 rings (SSSR count). The summed E-state index contributed by atoms with van der Waals surface area (Å²) in [7, 11) is 1.29. The van der Waals surface area contributed by atoms with E-state index in [4.69, 9.17) is 0 Å². The Kier molecular flexibility index (Phi) is 3.42. The van der Waals surface area contributed by atoms with Crippen LogP contribution in [0, 0.1) is 0 Å². The van der Waals surface area contributed by atoms with Crippen molar-refractivity contribution in [3.63, 3.8) is 0 Å². The molecule has 0 radical (unpaired) electrons. The van der Waals surface area contributed by atoms with Crippen LogP contribution in [-0.2, 0) is 9.53 Å². The molecule has 1 aliphatic rings. The number of carbonyl (C=O) groups is 1. The first-order valence-corrected chi connectivity index (χ1v) is 4.70. The summed E-state index contributed by atoms with van der Waals surface area (Å²) in [5, 5.41) is 2.85. The van der Waals surface area contributed by atoms with Gasteiger partial charge in [0.25, 0.3) is 5.92 Å². The quantitative estimate of drug-likeness (QED) is 0.707. The molecule has 0 aliphatic heterocycles. The molecule has 0 heterocycles. The van der Waals surface area contributed by atoms with Crippen molar-refractivity contribution in [2.24, 2.45) is 0 Å². The van der Waals surface area contributed by atoms with Crippen LogP contribution in [0.4, 0.5) is 8.78 Å². The number of esters is 1. The number of methoxy groups -OCH3 is 1. The molecular weight excluding hydrogens is 192 g/mol. The fraction of sp³-hybridized carbons (Fsp3) is 0.889. The third-order valence-electron chi connectivity index (χ3n) is 2.42. The Morgan fingerprint density at radius 1 is 1.64 bits per heavy atom. The normalized spacial score (nSPS) is 22.6. The second kappa shape index (κ2) is 4.21. The summed E-state index contributed by atoms with van der Waals surface area (Å²) in [5.41, 5.74) is 0. The van der Waals surface area contributed by atoms with Crippen LogP contribution >= 0.6 is 0 Å². The number of halogens is 2. The second-order valence-electron chi connectivity index (χ2n) is 3.61. The lowest BCUT2D eigenvalue weighted by Crippen LogP contribution is -2.53. The van der Waals surface area contributed by atoms with Crippen LogP contribution in [0.5, 0.6) is 0 Å². The number of nitrogens with one attached hydrogen (secondary N) is 1. The Labute approximate surface area is 81.8 Å². The minimum absolute atomic E-state index is 0.180. The zero-order valence-electron chi connectivity index (χ0n) is 8.35. The van der Waals surface area contributed by atoms with Crippen LogP contribution in [0.15, 0.2) is 0 Å². The van der Waals surface area contributed by atoms with Gasteiger partial charge < -0.3 is 10.1 Å². The van der Waals surface area contributed by atoms with Crippen molar-refractivity contribution in [2.45, 2.75) is 44.2 Å². The van der Waals surface area contributed by atoms with Gasteiger partial charge in [0.1, 0.15) is 6.04 Å². The molecule has 0 bridgehead atoms. The third-order valence-corrected chi connectivity index (χ3v) is 2.42. The molecule has 82 valence electrons.